The van der Waals surface area contributed by atoms with Crippen LogP contribution in [0.4, 0.5) is 0 Å². The minimum absolute atomic E-state index is 0.280. The molecule has 0 N–H and O–H groups in total. The van der Waals surface area contributed by atoms with Crippen molar-refractivity contribution in [2.45, 2.75) is 19.9 Å². The lowest BCUT2D eigenvalue weighted by Crippen LogP contribution is -2.39. The number of esters is 1. The number of ether oxygens (including phenoxy) is 2. The van der Waals surface area contributed by atoms with E-state index in [4.69, 9.17) is 32.7 Å². The van der Waals surface area contributed by atoms with Crippen LogP contribution in [0.3, 0.4) is 0 Å². The summed E-state index contributed by atoms with van der Waals surface area (Å²) in [4.78, 5) is 31.3. The summed E-state index contributed by atoms with van der Waals surface area (Å²) in [5.74, 6) is 0.163. The van der Waals surface area contributed by atoms with Gasteiger partial charge in [0.1, 0.15) is 5.75 Å². The van der Waals surface area contributed by atoms with Gasteiger partial charge in [-0.25, -0.2) is 9.79 Å². The predicted molar refractivity (Wildman–Crippen MR) is 130 cm³/mol. The third kappa shape index (κ3) is 4.49. The van der Waals surface area contributed by atoms with Gasteiger partial charge in [-0.2, -0.15) is 0 Å². The second-order valence-electron chi connectivity index (χ2n) is 7.24. The highest BCUT2D eigenvalue weighted by Crippen LogP contribution is 2.31. The maximum absolute atomic E-state index is 13.5. The molecule has 1 unspecified atom stereocenters. The predicted octanol–water partition coefficient (Wildman–Crippen LogP) is 4.11. The molecule has 0 fully saturated rings. The van der Waals surface area contributed by atoms with Crippen LogP contribution in [-0.2, 0) is 9.53 Å². The Morgan fingerprint density at radius 3 is 2.58 bits per heavy atom. The molecule has 0 radical (unpaired) electrons. The fourth-order valence-corrected chi connectivity index (χ4v) is 5.18. The zero-order chi connectivity index (χ0) is 23.7. The number of allylic oxidation sites excluding steroid dienone is 1. The number of hydrogen-bond donors (Lipinski definition) is 0. The van der Waals surface area contributed by atoms with E-state index in [0.29, 0.717) is 48.6 Å². The molecule has 1 aromatic heterocycles. The van der Waals surface area contributed by atoms with Crippen LogP contribution in [0.5, 0.6) is 5.75 Å². The number of carbonyl (C=O) groups excluding carboxylic acids is 1. The molecule has 1 atom stereocenters. The topological polar surface area (TPSA) is 69.9 Å². The monoisotopic (exact) mass is 502 g/mol. The van der Waals surface area contributed by atoms with E-state index in [1.807, 2.05) is 31.2 Å². The van der Waals surface area contributed by atoms with E-state index >= 15 is 0 Å². The molecule has 170 valence electrons. The van der Waals surface area contributed by atoms with Crippen LogP contribution in [0.2, 0.25) is 10.0 Å². The van der Waals surface area contributed by atoms with Gasteiger partial charge < -0.3 is 9.47 Å². The van der Waals surface area contributed by atoms with Gasteiger partial charge in [0.05, 0.1) is 35.6 Å². The van der Waals surface area contributed by atoms with Crippen molar-refractivity contribution < 1.29 is 14.3 Å². The van der Waals surface area contributed by atoms with E-state index in [-0.39, 0.29) is 5.56 Å². The zero-order valence-electron chi connectivity index (χ0n) is 18.1. The van der Waals surface area contributed by atoms with Crippen molar-refractivity contribution in [2.75, 3.05) is 13.7 Å². The molecule has 0 amide bonds. The van der Waals surface area contributed by atoms with Gasteiger partial charge in [-0.05, 0) is 55.3 Å². The van der Waals surface area contributed by atoms with Gasteiger partial charge in [0, 0.05) is 10.0 Å². The van der Waals surface area contributed by atoms with Crippen LogP contribution < -0.4 is 19.6 Å². The van der Waals surface area contributed by atoms with Gasteiger partial charge in [0.25, 0.3) is 5.56 Å². The number of methoxy groups -OCH3 is 1. The Labute approximate surface area is 204 Å². The van der Waals surface area contributed by atoms with E-state index < -0.39 is 12.0 Å². The number of thiazole rings is 1. The average Bonchev–Trinajstić information content (AvgIpc) is 3.09. The molecule has 6 nitrogen and oxygen atoms in total. The molecule has 2 aromatic carbocycles. The number of aromatic nitrogens is 1. The number of halogens is 2. The van der Waals surface area contributed by atoms with E-state index in [1.54, 1.807) is 31.2 Å². The molecule has 3 aromatic rings. The SMILES string of the molecule is CCOc1ccc(C2C(C(=O)OC)=C(C)N=c3sc(=Cc4ccc(Cl)cc4Cl)c(=O)n32)cc1. The number of nitrogens with zero attached hydrogens (tertiary/aromatic N) is 2. The average molecular weight is 503 g/mol. The van der Waals surface area contributed by atoms with Gasteiger partial charge >= 0.3 is 5.97 Å². The first-order valence-electron chi connectivity index (χ1n) is 10.1. The van der Waals surface area contributed by atoms with Gasteiger partial charge in [0.15, 0.2) is 4.80 Å². The zero-order valence-corrected chi connectivity index (χ0v) is 20.4. The molecule has 2 heterocycles. The normalized spacial score (nSPS) is 15.8. The summed E-state index contributed by atoms with van der Waals surface area (Å²) in [6.07, 6.45) is 1.70. The molecule has 0 saturated heterocycles. The fourth-order valence-electron chi connectivity index (χ4n) is 3.68. The number of rotatable bonds is 5. The van der Waals surface area contributed by atoms with Crippen molar-refractivity contribution >= 4 is 46.6 Å². The Hall–Kier alpha value is -2.87. The molecule has 1 aliphatic heterocycles. The molecule has 0 saturated carbocycles. The molecular weight excluding hydrogens is 483 g/mol. The van der Waals surface area contributed by atoms with Crippen LogP contribution in [0.25, 0.3) is 6.08 Å². The Morgan fingerprint density at radius 1 is 1.21 bits per heavy atom. The summed E-state index contributed by atoms with van der Waals surface area (Å²) in [6.45, 7) is 4.18. The lowest BCUT2D eigenvalue weighted by Gasteiger charge is -2.24. The van der Waals surface area contributed by atoms with Crippen molar-refractivity contribution in [3.8, 4) is 5.75 Å². The molecule has 33 heavy (non-hydrogen) atoms. The van der Waals surface area contributed by atoms with E-state index in [2.05, 4.69) is 4.99 Å². The van der Waals surface area contributed by atoms with Crippen LogP contribution in [0.1, 0.15) is 31.0 Å². The Bertz CT molecular complexity index is 1440. The number of fused-ring (bicyclic) bond motifs is 1. The van der Waals surface area contributed by atoms with Gasteiger partial charge in [0.2, 0.25) is 0 Å². The van der Waals surface area contributed by atoms with E-state index in [1.165, 1.54) is 23.0 Å². The molecule has 9 heteroatoms. The van der Waals surface area contributed by atoms with E-state index in [0.717, 1.165) is 5.56 Å². The quantitative estimate of drug-likeness (QED) is 0.492. The lowest BCUT2D eigenvalue weighted by atomic mass is 9.96. The minimum atomic E-state index is -0.688. The smallest absolute Gasteiger partial charge is 0.338 e. The first-order chi connectivity index (χ1) is 15.8. The first-order valence-corrected chi connectivity index (χ1v) is 11.7. The first kappa shape index (κ1) is 23.3. The molecule has 0 bridgehead atoms. The maximum atomic E-state index is 13.5. The molecule has 1 aliphatic rings. The van der Waals surface area contributed by atoms with Gasteiger partial charge in [-0.1, -0.05) is 52.7 Å². The third-order valence-corrected chi connectivity index (χ3v) is 6.73. The minimum Gasteiger partial charge on any atom is -0.494 e. The highest BCUT2D eigenvalue weighted by atomic mass is 35.5. The second kappa shape index (κ2) is 9.55. The molecule has 4 rings (SSSR count). The van der Waals surface area contributed by atoms with Gasteiger partial charge in [-0.15, -0.1) is 0 Å². The Morgan fingerprint density at radius 2 is 1.94 bits per heavy atom. The van der Waals surface area contributed by atoms with Crippen LogP contribution >= 0.6 is 34.5 Å². The summed E-state index contributed by atoms with van der Waals surface area (Å²) in [5, 5.41) is 0.940. The lowest BCUT2D eigenvalue weighted by molar-refractivity contribution is -0.136. The van der Waals surface area contributed by atoms with Crippen LogP contribution in [0, 0.1) is 0 Å². The summed E-state index contributed by atoms with van der Waals surface area (Å²) in [6, 6.07) is 11.7. The van der Waals surface area contributed by atoms with Crippen molar-refractivity contribution in [1.82, 2.24) is 4.57 Å². The Kier molecular flexibility index (Phi) is 6.74. The van der Waals surface area contributed by atoms with Crippen LogP contribution in [-0.4, -0.2) is 24.3 Å². The summed E-state index contributed by atoms with van der Waals surface area (Å²) >= 11 is 13.5. The molecular formula is C24H20Cl2N2O4S. The maximum Gasteiger partial charge on any atom is 0.338 e. The molecule has 0 aliphatic carbocycles. The fraction of sp³-hybridized carbons (Fsp3) is 0.208. The standard InChI is InChI=1S/C24H20Cl2N2O4S/c1-4-32-17-9-6-14(7-10-17)21-20(23(30)31-3)13(2)27-24-28(21)22(29)19(33-24)11-15-5-8-16(25)12-18(15)26/h5-12,21H,4H2,1-3H3. The largest absolute Gasteiger partial charge is 0.494 e. The second-order valence-corrected chi connectivity index (χ2v) is 9.09. The number of carbonyl (C=O) groups is 1. The highest BCUT2D eigenvalue weighted by molar-refractivity contribution is 7.07. The third-order valence-electron chi connectivity index (χ3n) is 5.18. The van der Waals surface area contributed by atoms with Crippen molar-refractivity contribution in [1.29, 1.82) is 0 Å². The van der Waals surface area contributed by atoms with Crippen molar-refractivity contribution in [3.05, 3.63) is 94.6 Å². The summed E-state index contributed by atoms with van der Waals surface area (Å²) < 4.78 is 12.5. The number of hydrogen-bond acceptors (Lipinski definition) is 6. The summed E-state index contributed by atoms with van der Waals surface area (Å²) in [7, 11) is 1.31. The van der Waals surface area contributed by atoms with Crippen molar-refractivity contribution in [3.63, 3.8) is 0 Å². The highest BCUT2D eigenvalue weighted by Gasteiger charge is 2.33. The van der Waals surface area contributed by atoms with Crippen molar-refractivity contribution in [2.24, 2.45) is 4.99 Å². The Balaban J connectivity index is 1.93. The summed E-state index contributed by atoms with van der Waals surface area (Å²) in [5.41, 5.74) is 1.93. The number of benzene rings is 2. The van der Waals surface area contributed by atoms with Gasteiger partial charge in [-0.3, -0.25) is 9.36 Å². The molecule has 0 spiro atoms. The van der Waals surface area contributed by atoms with Crippen LogP contribution in [0.15, 0.2) is 63.5 Å². The van der Waals surface area contributed by atoms with E-state index in [9.17, 15) is 9.59 Å².